The first-order valence-electron chi connectivity index (χ1n) is 8.59. The van der Waals surface area contributed by atoms with Gasteiger partial charge in [-0.05, 0) is 43.2 Å². The van der Waals surface area contributed by atoms with E-state index in [0.717, 1.165) is 11.3 Å². The van der Waals surface area contributed by atoms with Crippen LogP contribution in [0.25, 0.3) is 0 Å². The molecule has 2 N–H and O–H groups in total. The van der Waals surface area contributed by atoms with Gasteiger partial charge in [0.1, 0.15) is 11.5 Å². The van der Waals surface area contributed by atoms with Gasteiger partial charge in [0.05, 0.1) is 18.8 Å². The van der Waals surface area contributed by atoms with E-state index in [4.69, 9.17) is 15.2 Å². The quantitative estimate of drug-likeness (QED) is 0.808. The predicted molar refractivity (Wildman–Crippen MR) is 98.3 cm³/mol. The van der Waals surface area contributed by atoms with E-state index in [2.05, 4.69) is 0 Å². The molecule has 1 atom stereocenters. The maximum Gasteiger partial charge on any atom is 0.260 e. The molecule has 3 rings (SSSR count). The van der Waals surface area contributed by atoms with Crippen molar-refractivity contribution >= 4 is 17.5 Å². The lowest BCUT2D eigenvalue weighted by Gasteiger charge is -2.33. The first kappa shape index (κ1) is 17.8. The van der Waals surface area contributed by atoms with Crippen LogP contribution in [0.1, 0.15) is 18.4 Å². The van der Waals surface area contributed by atoms with Crippen molar-refractivity contribution < 1.29 is 19.1 Å². The number of carbonyl (C=O) groups is 2. The Balaban J connectivity index is 1.59. The van der Waals surface area contributed by atoms with Gasteiger partial charge in [-0.15, -0.1) is 0 Å². The molecule has 0 unspecified atom stereocenters. The fourth-order valence-electron chi connectivity index (χ4n) is 2.87. The van der Waals surface area contributed by atoms with Gasteiger partial charge >= 0.3 is 0 Å². The molecule has 0 fully saturated rings. The third-order valence-electron chi connectivity index (χ3n) is 4.19. The summed E-state index contributed by atoms with van der Waals surface area (Å²) >= 11 is 0. The number of carbonyl (C=O) groups excluding carboxylic acids is 2. The smallest absolute Gasteiger partial charge is 0.260 e. The largest absolute Gasteiger partial charge is 0.494 e. The van der Waals surface area contributed by atoms with Crippen molar-refractivity contribution in [2.45, 2.75) is 25.9 Å². The van der Waals surface area contributed by atoms with E-state index in [1.165, 1.54) is 0 Å². The number of primary amides is 1. The van der Waals surface area contributed by atoms with E-state index < -0.39 is 12.0 Å². The number of fused-ring (bicyclic) bond motifs is 1. The van der Waals surface area contributed by atoms with Gasteiger partial charge in [0.25, 0.3) is 5.91 Å². The Morgan fingerprint density at radius 1 is 1.23 bits per heavy atom. The topological polar surface area (TPSA) is 81.9 Å². The number of hydrogen-bond acceptors (Lipinski definition) is 4. The molecule has 2 amide bonds. The fourth-order valence-corrected chi connectivity index (χ4v) is 2.87. The third kappa shape index (κ3) is 4.14. The van der Waals surface area contributed by atoms with Crippen LogP contribution in [-0.2, 0) is 9.59 Å². The molecule has 2 aromatic rings. The summed E-state index contributed by atoms with van der Waals surface area (Å²) in [4.78, 5) is 25.7. The SMILES string of the molecule is Cc1cccc(OCCCC(=O)N2C[C@@H](C(N)=O)Oc3ccccc32)c1. The Kier molecular flexibility index (Phi) is 5.41. The minimum absolute atomic E-state index is 0.0835. The van der Waals surface area contributed by atoms with Gasteiger partial charge in [-0.1, -0.05) is 24.3 Å². The summed E-state index contributed by atoms with van der Waals surface area (Å²) in [6, 6.07) is 14.9. The number of amides is 2. The third-order valence-corrected chi connectivity index (χ3v) is 4.19. The van der Waals surface area contributed by atoms with Crippen LogP contribution in [0.5, 0.6) is 11.5 Å². The van der Waals surface area contributed by atoms with E-state index in [-0.39, 0.29) is 12.5 Å². The zero-order valence-electron chi connectivity index (χ0n) is 14.7. The zero-order chi connectivity index (χ0) is 18.5. The van der Waals surface area contributed by atoms with E-state index in [1.807, 2.05) is 37.3 Å². The molecule has 1 aliphatic heterocycles. The Hall–Kier alpha value is -3.02. The van der Waals surface area contributed by atoms with Gasteiger partial charge < -0.3 is 20.1 Å². The normalized spacial score (nSPS) is 15.7. The van der Waals surface area contributed by atoms with Crippen LogP contribution in [0, 0.1) is 6.92 Å². The number of ether oxygens (including phenoxy) is 2. The summed E-state index contributed by atoms with van der Waals surface area (Å²) in [5, 5.41) is 0. The lowest BCUT2D eigenvalue weighted by molar-refractivity contribution is -0.125. The number of rotatable bonds is 6. The first-order chi connectivity index (χ1) is 12.5. The standard InChI is InChI=1S/C20H22N2O4/c1-14-6-4-7-15(12-14)25-11-5-10-19(23)22-13-18(20(21)24)26-17-9-3-2-8-16(17)22/h2-4,6-9,12,18H,5,10-11,13H2,1H3,(H2,21,24)/t18-/m0/s1. The molecular formula is C20H22N2O4. The summed E-state index contributed by atoms with van der Waals surface area (Å²) in [7, 11) is 0. The number of aryl methyl sites for hydroxylation is 1. The average Bonchev–Trinajstić information content (AvgIpc) is 2.64. The van der Waals surface area contributed by atoms with E-state index in [1.54, 1.807) is 23.1 Å². The molecule has 0 aromatic heterocycles. The van der Waals surface area contributed by atoms with Crippen LogP contribution >= 0.6 is 0 Å². The highest BCUT2D eigenvalue weighted by atomic mass is 16.5. The fraction of sp³-hybridized carbons (Fsp3) is 0.300. The van der Waals surface area contributed by atoms with Crippen molar-refractivity contribution in [3.63, 3.8) is 0 Å². The number of para-hydroxylation sites is 2. The van der Waals surface area contributed by atoms with E-state index >= 15 is 0 Å². The highest BCUT2D eigenvalue weighted by molar-refractivity contribution is 5.97. The number of benzene rings is 2. The highest BCUT2D eigenvalue weighted by Gasteiger charge is 2.32. The zero-order valence-corrected chi connectivity index (χ0v) is 14.7. The highest BCUT2D eigenvalue weighted by Crippen LogP contribution is 2.33. The molecule has 0 radical (unpaired) electrons. The molecule has 0 aliphatic carbocycles. The molecule has 26 heavy (non-hydrogen) atoms. The van der Waals surface area contributed by atoms with Crippen molar-refractivity contribution in [1.82, 2.24) is 0 Å². The molecule has 2 aromatic carbocycles. The molecule has 136 valence electrons. The van der Waals surface area contributed by atoms with Crippen LogP contribution in [0.15, 0.2) is 48.5 Å². The van der Waals surface area contributed by atoms with Crippen LogP contribution in [0.3, 0.4) is 0 Å². The van der Waals surface area contributed by atoms with Gasteiger partial charge in [0.15, 0.2) is 6.10 Å². The van der Waals surface area contributed by atoms with Gasteiger partial charge in [-0.25, -0.2) is 0 Å². The molecule has 1 aliphatic rings. The molecule has 6 nitrogen and oxygen atoms in total. The Morgan fingerprint density at radius 2 is 2.04 bits per heavy atom. The monoisotopic (exact) mass is 354 g/mol. The van der Waals surface area contributed by atoms with Crippen molar-refractivity contribution in [2.24, 2.45) is 5.73 Å². The molecule has 6 heteroatoms. The molecule has 1 heterocycles. The Bertz CT molecular complexity index is 806. The number of nitrogens with zero attached hydrogens (tertiary/aromatic N) is 1. The summed E-state index contributed by atoms with van der Waals surface area (Å²) in [6.07, 6.45) is 0.0523. The Morgan fingerprint density at radius 3 is 2.81 bits per heavy atom. The maximum atomic E-state index is 12.7. The van der Waals surface area contributed by atoms with Gasteiger partial charge in [-0.3, -0.25) is 9.59 Å². The minimum Gasteiger partial charge on any atom is -0.494 e. The summed E-state index contributed by atoms with van der Waals surface area (Å²) < 4.78 is 11.3. The minimum atomic E-state index is -0.836. The predicted octanol–water partition coefficient (Wildman–Crippen LogP) is 2.43. The van der Waals surface area contributed by atoms with Crippen molar-refractivity contribution in [3.8, 4) is 11.5 Å². The van der Waals surface area contributed by atoms with Gasteiger partial charge in [0.2, 0.25) is 5.91 Å². The summed E-state index contributed by atoms with van der Waals surface area (Å²) in [5.41, 5.74) is 7.15. The number of nitrogens with two attached hydrogens (primary N) is 1. The molecule has 0 spiro atoms. The van der Waals surface area contributed by atoms with E-state index in [9.17, 15) is 9.59 Å². The lowest BCUT2D eigenvalue weighted by Crippen LogP contribution is -2.49. The molecule has 0 saturated heterocycles. The second-order valence-corrected chi connectivity index (χ2v) is 6.25. The van der Waals surface area contributed by atoms with Crippen LogP contribution in [0.4, 0.5) is 5.69 Å². The second kappa shape index (κ2) is 7.91. The van der Waals surface area contributed by atoms with Crippen LogP contribution in [-0.4, -0.2) is 31.1 Å². The molecule has 0 bridgehead atoms. The average molecular weight is 354 g/mol. The van der Waals surface area contributed by atoms with Crippen molar-refractivity contribution in [1.29, 1.82) is 0 Å². The first-order valence-corrected chi connectivity index (χ1v) is 8.59. The summed E-state index contributed by atoms with van der Waals surface area (Å²) in [6.45, 7) is 2.58. The molecule has 0 saturated carbocycles. The van der Waals surface area contributed by atoms with Gasteiger partial charge in [-0.2, -0.15) is 0 Å². The summed E-state index contributed by atoms with van der Waals surface area (Å²) in [5.74, 6) is 0.620. The van der Waals surface area contributed by atoms with E-state index in [0.29, 0.717) is 30.9 Å². The maximum absolute atomic E-state index is 12.7. The number of hydrogen-bond donors (Lipinski definition) is 1. The second-order valence-electron chi connectivity index (χ2n) is 6.25. The number of anilines is 1. The molecular weight excluding hydrogens is 332 g/mol. The van der Waals surface area contributed by atoms with Crippen LogP contribution < -0.4 is 20.1 Å². The van der Waals surface area contributed by atoms with Crippen molar-refractivity contribution in [2.75, 3.05) is 18.1 Å². The lowest BCUT2D eigenvalue weighted by atomic mass is 10.1. The van der Waals surface area contributed by atoms with Gasteiger partial charge in [0, 0.05) is 6.42 Å². The van der Waals surface area contributed by atoms with Crippen molar-refractivity contribution in [3.05, 3.63) is 54.1 Å². The van der Waals surface area contributed by atoms with Crippen LogP contribution in [0.2, 0.25) is 0 Å². The Labute approximate surface area is 152 Å².